The molecule has 0 saturated carbocycles. The molecule has 34 heavy (non-hydrogen) atoms. The Morgan fingerprint density at radius 2 is 1.76 bits per heavy atom. The average molecular weight is 461 g/mol. The fraction of sp³-hybridized carbons (Fsp3) is 0.185. The van der Waals surface area contributed by atoms with E-state index in [0.29, 0.717) is 17.8 Å². The first-order valence-electron chi connectivity index (χ1n) is 11.0. The Morgan fingerprint density at radius 3 is 2.53 bits per heavy atom. The quantitative estimate of drug-likeness (QED) is 0.377. The van der Waals surface area contributed by atoms with Gasteiger partial charge in [0, 0.05) is 23.1 Å². The van der Waals surface area contributed by atoms with Crippen molar-refractivity contribution in [3.8, 4) is 11.3 Å². The van der Waals surface area contributed by atoms with Gasteiger partial charge in [-0.05, 0) is 55.3 Å². The number of carboxylic acid groups (broad SMARTS) is 1. The second kappa shape index (κ2) is 9.66. The van der Waals surface area contributed by atoms with Gasteiger partial charge in [-0.2, -0.15) is 0 Å². The van der Waals surface area contributed by atoms with Crippen LogP contribution in [0.2, 0.25) is 0 Å². The summed E-state index contributed by atoms with van der Waals surface area (Å²) in [6, 6.07) is 19.1. The Kier molecular flexibility index (Phi) is 6.84. The van der Waals surface area contributed by atoms with Crippen LogP contribution < -0.4 is 0 Å². The van der Waals surface area contributed by atoms with E-state index < -0.39 is 5.97 Å². The van der Waals surface area contributed by atoms with Crippen LogP contribution in [0.5, 0.6) is 0 Å². The molecule has 3 aromatic heterocycles. The van der Waals surface area contributed by atoms with Crippen molar-refractivity contribution in [3.05, 3.63) is 88.9 Å². The molecule has 0 aliphatic heterocycles. The van der Waals surface area contributed by atoms with Gasteiger partial charge in [0.1, 0.15) is 11.3 Å². The molecule has 166 valence electrons. The number of hydrogen-bond acceptors (Lipinski definition) is 4. The van der Waals surface area contributed by atoms with Gasteiger partial charge in [0.2, 0.25) is 0 Å². The summed E-state index contributed by atoms with van der Waals surface area (Å²) in [5, 5.41) is 10.5. The van der Waals surface area contributed by atoms with E-state index in [0.717, 1.165) is 51.1 Å². The van der Waals surface area contributed by atoms with Gasteiger partial charge >= 0.3 is 35.5 Å². The minimum absolute atomic E-state index is 0. The number of aromatic nitrogens is 4. The van der Waals surface area contributed by atoms with E-state index in [-0.39, 0.29) is 35.1 Å². The number of aryl methyl sites for hydroxylation is 3. The third kappa shape index (κ3) is 4.37. The molecule has 7 heteroatoms. The van der Waals surface area contributed by atoms with E-state index >= 15 is 0 Å². The molecule has 0 aliphatic rings. The van der Waals surface area contributed by atoms with Crippen LogP contribution in [0.3, 0.4) is 0 Å². The van der Waals surface area contributed by atoms with Crippen molar-refractivity contribution in [3.63, 3.8) is 0 Å². The van der Waals surface area contributed by atoms with E-state index in [4.69, 9.17) is 15.0 Å². The van der Waals surface area contributed by atoms with Gasteiger partial charge in [0.05, 0.1) is 23.3 Å². The fourth-order valence-corrected chi connectivity index (χ4v) is 4.38. The molecule has 3 heterocycles. The number of imidazole rings is 1. The summed E-state index contributed by atoms with van der Waals surface area (Å²) in [5.74, 6) is 0.0614. The molecular formula is C27H25N4NaO2. The Hall–Kier alpha value is -3.06. The maximum absolute atomic E-state index is 11.6. The van der Waals surface area contributed by atoms with Gasteiger partial charge in [-0.1, -0.05) is 37.3 Å². The fourth-order valence-electron chi connectivity index (χ4n) is 4.38. The molecule has 0 fully saturated rings. The number of aromatic carboxylic acids is 1. The number of benzene rings is 2. The van der Waals surface area contributed by atoms with Gasteiger partial charge in [0.15, 0.2) is 5.65 Å². The van der Waals surface area contributed by atoms with Crippen molar-refractivity contribution in [1.29, 1.82) is 0 Å². The zero-order chi connectivity index (χ0) is 23.1. The molecule has 0 atom stereocenters. The summed E-state index contributed by atoms with van der Waals surface area (Å²) in [5.41, 5.74) is 7.49. The van der Waals surface area contributed by atoms with Crippen LogP contribution in [0.1, 0.15) is 39.9 Å². The maximum atomic E-state index is 11.6. The van der Waals surface area contributed by atoms with Crippen molar-refractivity contribution in [2.24, 2.45) is 0 Å². The molecule has 5 rings (SSSR count). The van der Waals surface area contributed by atoms with E-state index in [1.165, 1.54) is 0 Å². The third-order valence-electron chi connectivity index (χ3n) is 5.95. The SMILES string of the molecule is CCc1nc2c(C)cc(C)nc2n1Cc1ccc2nc(-c3ccccc3C(=O)O)ccc2c1.[NaH]. The van der Waals surface area contributed by atoms with Crippen molar-refractivity contribution in [2.45, 2.75) is 33.7 Å². The van der Waals surface area contributed by atoms with E-state index in [2.05, 4.69) is 36.6 Å². The summed E-state index contributed by atoms with van der Waals surface area (Å²) >= 11 is 0. The van der Waals surface area contributed by atoms with Crippen LogP contribution in [0.25, 0.3) is 33.3 Å². The Labute approximate surface area is 220 Å². The first kappa shape index (κ1) is 24.1. The van der Waals surface area contributed by atoms with E-state index in [1.54, 1.807) is 18.2 Å². The second-order valence-corrected chi connectivity index (χ2v) is 8.29. The van der Waals surface area contributed by atoms with Gasteiger partial charge in [-0.3, -0.25) is 0 Å². The molecule has 0 radical (unpaired) electrons. The number of hydrogen-bond donors (Lipinski definition) is 1. The van der Waals surface area contributed by atoms with Crippen LogP contribution in [-0.2, 0) is 13.0 Å². The van der Waals surface area contributed by atoms with Gasteiger partial charge in [-0.15, -0.1) is 0 Å². The first-order valence-corrected chi connectivity index (χ1v) is 11.0. The van der Waals surface area contributed by atoms with Crippen LogP contribution in [0.15, 0.2) is 60.7 Å². The third-order valence-corrected chi connectivity index (χ3v) is 5.95. The molecule has 0 aliphatic carbocycles. The van der Waals surface area contributed by atoms with Gasteiger partial charge in [-0.25, -0.2) is 19.7 Å². The molecule has 0 bridgehead atoms. The molecule has 0 unspecified atom stereocenters. The molecule has 1 N–H and O–H groups in total. The summed E-state index contributed by atoms with van der Waals surface area (Å²) in [6.07, 6.45) is 0.830. The number of pyridine rings is 2. The molecule has 5 aromatic rings. The normalized spacial score (nSPS) is 11.0. The predicted molar refractivity (Wildman–Crippen MR) is 137 cm³/mol. The zero-order valence-corrected chi connectivity index (χ0v) is 18.8. The average Bonchev–Trinajstić information content (AvgIpc) is 3.16. The van der Waals surface area contributed by atoms with Crippen molar-refractivity contribution >= 4 is 57.6 Å². The standard InChI is InChI=1S/C27H24N4O2.Na.H/c1-4-24-30-25-16(2)13-17(3)28-26(25)31(24)15-18-9-11-22-19(14-18)10-12-23(29-22)20-7-5-6-8-21(20)27(32)33;;/h5-14H,4,15H2,1-3H3,(H,32,33);;. The molecular weight excluding hydrogens is 435 g/mol. The van der Waals surface area contributed by atoms with Crippen molar-refractivity contribution in [2.75, 3.05) is 0 Å². The Balaban J connectivity index is 0.00000274. The summed E-state index contributed by atoms with van der Waals surface area (Å²) in [4.78, 5) is 25.9. The van der Waals surface area contributed by atoms with Crippen molar-refractivity contribution in [1.82, 2.24) is 19.5 Å². The Morgan fingerprint density at radius 1 is 0.971 bits per heavy atom. The van der Waals surface area contributed by atoms with E-state index in [1.807, 2.05) is 31.2 Å². The Bertz CT molecular complexity index is 1540. The molecule has 0 amide bonds. The zero-order valence-electron chi connectivity index (χ0n) is 18.8. The van der Waals surface area contributed by atoms with Gasteiger partial charge in [0.25, 0.3) is 0 Å². The molecule has 0 spiro atoms. The monoisotopic (exact) mass is 460 g/mol. The number of nitrogens with zero attached hydrogens (tertiary/aromatic N) is 4. The van der Waals surface area contributed by atoms with Crippen LogP contribution in [-0.4, -0.2) is 60.2 Å². The first-order chi connectivity index (χ1) is 15.9. The molecule has 6 nitrogen and oxygen atoms in total. The summed E-state index contributed by atoms with van der Waals surface area (Å²) < 4.78 is 2.20. The molecule has 2 aromatic carbocycles. The van der Waals surface area contributed by atoms with Gasteiger partial charge < -0.3 is 9.67 Å². The van der Waals surface area contributed by atoms with Crippen LogP contribution in [0, 0.1) is 13.8 Å². The second-order valence-electron chi connectivity index (χ2n) is 8.29. The van der Waals surface area contributed by atoms with Crippen LogP contribution in [0.4, 0.5) is 0 Å². The number of carbonyl (C=O) groups is 1. The topological polar surface area (TPSA) is 80.9 Å². The number of carboxylic acids is 1. The van der Waals surface area contributed by atoms with Crippen molar-refractivity contribution < 1.29 is 9.90 Å². The molecule has 0 saturated heterocycles. The van der Waals surface area contributed by atoms with E-state index in [9.17, 15) is 9.90 Å². The number of fused-ring (bicyclic) bond motifs is 2. The predicted octanol–water partition coefficient (Wildman–Crippen LogP) is 4.92. The van der Waals surface area contributed by atoms with Crippen LogP contribution >= 0.6 is 0 Å². The summed E-state index contributed by atoms with van der Waals surface area (Å²) in [7, 11) is 0. The number of rotatable bonds is 5. The minimum atomic E-state index is -0.957. The summed E-state index contributed by atoms with van der Waals surface area (Å²) in [6.45, 7) is 6.88.